The van der Waals surface area contributed by atoms with Crippen LogP contribution in [0.3, 0.4) is 0 Å². The van der Waals surface area contributed by atoms with Crippen LogP contribution >= 0.6 is 23.2 Å². The zero-order valence-electron chi connectivity index (χ0n) is 9.92. The molecule has 0 spiro atoms. The number of hydrogen-bond acceptors (Lipinski definition) is 1. The summed E-state index contributed by atoms with van der Waals surface area (Å²) in [5.41, 5.74) is 1.99. The van der Waals surface area contributed by atoms with Crippen LogP contribution < -0.4 is 0 Å². The first-order valence-corrected chi connectivity index (χ1v) is 6.55. The number of imidazole rings is 1. The first-order chi connectivity index (χ1) is 9.25. The van der Waals surface area contributed by atoms with Gasteiger partial charge in [0, 0.05) is 23.6 Å². The van der Waals surface area contributed by atoms with Gasteiger partial charge in [0.25, 0.3) is 0 Å². The highest BCUT2D eigenvalue weighted by Crippen LogP contribution is 2.27. The quantitative estimate of drug-likeness (QED) is 0.659. The largest absolute Gasteiger partial charge is 0.300 e. The van der Waals surface area contributed by atoms with Crippen molar-refractivity contribution >= 4 is 23.2 Å². The van der Waals surface area contributed by atoms with Crippen LogP contribution in [0, 0.1) is 0 Å². The second-order valence-electron chi connectivity index (χ2n) is 4.09. The van der Waals surface area contributed by atoms with E-state index in [2.05, 4.69) is 4.98 Å². The maximum absolute atomic E-state index is 6.06. The molecule has 94 valence electrons. The summed E-state index contributed by atoms with van der Waals surface area (Å²) in [7, 11) is 0. The first-order valence-electron chi connectivity index (χ1n) is 5.80. The third-order valence-corrected chi connectivity index (χ3v) is 3.59. The number of rotatable bonds is 2. The summed E-state index contributed by atoms with van der Waals surface area (Å²) in [6.07, 6.45) is 3.67. The minimum atomic E-state index is 0.534. The van der Waals surface area contributed by atoms with Crippen molar-refractivity contribution < 1.29 is 0 Å². The smallest absolute Gasteiger partial charge is 0.144 e. The highest BCUT2D eigenvalue weighted by molar-refractivity contribution is 6.42. The van der Waals surface area contributed by atoms with E-state index in [1.54, 1.807) is 12.3 Å². The molecule has 2 aromatic carbocycles. The molecule has 0 saturated heterocycles. The molecule has 0 aliphatic heterocycles. The lowest BCUT2D eigenvalue weighted by Crippen LogP contribution is -1.96. The summed E-state index contributed by atoms with van der Waals surface area (Å²) in [4.78, 5) is 4.40. The zero-order chi connectivity index (χ0) is 13.2. The van der Waals surface area contributed by atoms with E-state index in [0.29, 0.717) is 10.0 Å². The van der Waals surface area contributed by atoms with Crippen molar-refractivity contribution in [2.75, 3.05) is 0 Å². The van der Waals surface area contributed by atoms with Gasteiger partial charge in [0.15, 0.2) is 0 Å². The number of nitrogens with zero attached hydrogens (tertiary/aromatic N) is 2. The van der Waals surface area contributed by atoms with Crippen LogP contribution in [-0.2, 0) is 0 Å². The van der Waals surface area contributed by atoms with Crippen LogP contribution in [0.5, 0.6) is 0 Å². The molecule has 0 saturated carbocycles. The number of aromatic nitrogens is 2. The minimum Gasteiger partial charge on any atom is -0.300 e. The van der Waals surface area contributed by atoms with Crippen molar-refractivity contribution in [1.29, 1.82) is 0 Å². The molecule has 3 aromatic rings. The Labute approximate surface area is 121 Å². The second kappa shape index (κ2) is 5.08. The monoisotopic (exact) mass is 288 g/mol. The van der Waals surface area contributed by atoms with Gasteiger partial charge in [-0.1, -0.05) is 53.5 Å². The number of hydrogen-bond donors (Lipinski definition) is 0. The third-order valence-electron chi connectivity index (χ3n) is 2.85. The number of halogens is 2. The van der Waals surface area contributed by atoms with E-state index in [4.69, 9.17) is 23.2 Å². The van der Waals surface area contributed by atoms with Gasteiger partial charge < -0.3 is 0 Å². The molecule has 0 bridgehead atoms. The summed E-state index contributed by atoms with van der Waals surface area (Å²) in [5.74, 6) is 0.874. The Balaban J connectivity index is 2.12. The average molecular weight is 289 g/mol. The van der Waals surface area contributed by atoms with Gasteiger partial charge >= 0.3 is 0 Å². The van der Waals surface area contributed by atoms with Gasteiger partial charge in [-0.2, -0.15) is 0 Å². The van der Waals surface area contributed by atoms with E-state index >= 15 is 0 Å². The van der Waals surface area contributed by atoms with Gasteiger partial charge in [-0.3, -0.25) is 4.57 Å². The standard InChI is InChI=1S/C15H10Cl2N2/c16-13-7-6-12(10-14(13)17)19-9-8-18-15(19)11-4-2-1-3-5-11/h1-10H. The molecular formula is C15H10Cl2N2. The van der Waals surface area contributed by atoms with Gasteiger partial charge in [-0.05, 0) is 18.2 Å². The fourth-order valence-corrected chi connectivity index (χ4v) is 2.24. The molecule has 1 heterocycles. The topological polar surface area (TPSA) is 17.8 Å². The Kier molecular flexibility index (Phi) is 3.28. The lowest BCUT2D eigenvalue weighted by atomic mass is 10.2. The molecule has 0 amide bonds. The Morgan fingerprint density at radius 3 is 2.42 bits per heavy atom. The molecule has 0 atom stereocenters. The number of benzene rings is 2. The molecule has 0 aliphatic carbocycles. The summed E-state index contributed by atoms with van der Waals surface area (Å²) in [6.45, 7) is 0. The van der Waals surface area contributed by atoms with Crippen LogP contribution in [-0.4, -0.2) is 9.55 Å². The van der Waals surface area contributed by atoms with E-state index in [9.17, 15) is 0 Å². The Hall–Kier alpha value is -1.77. The Morgan fingerprint density at radius 1 is 0.895 bits per heavy atom. The molecule has 0 unspecified atom stereocenters. The van der Waals surface area contributed by atoms with Crippen molar-refractivity contribution in [3.63, 3.8) is 0 Å². The SMILES string of the molecule is Clc1ccc(-n2ccnc2-c2ccccc2)cc1Cl. The maximum atomic E-state index is 6.06. The fourth-order valence-electron chi connectivity index (χ4n) is 1.95. The zero-order valence-corrected chi connectivity index (χ0v) is 11.4. The first kappa shape index (κ1) is 12.3. The van der Waals surface area contributed by atoms with Crippen molar-refractivity contribution in [3.05, 3.63) is 71.0 Å². The maximum Gasteiger partial charge on any atom is 0.144 e. The van der Waals surface area contributed by atoms with E-state index in [-0.39, 0.29) is 0 Å². The van der Waals surface area contributed by atoms with Crippen LogP contribution in [0.15, 0.2) is 60.9 Å². The molecule has 19 heavy (non-hydrogen) atoms. The van der Waals surface area contributed by atoms with Crippen LogP contribution in [0.25, 0.3) is 17.1 Å². The van der Waals surface area contributed by atoms with Gasteiger partial charge in [-0.15, -0.1) is 0 Å². The molecular weight excluding hydrogens is 279 g/mol. The molecule has 0 radical (unpaired) electrons. The Bertz CT molecular complexity index is 705. The Morgan fingerprint density at radius 2 is 1.68 bits per heavy atom. The van der Waals surface area contributed by atoms with Crippen LogP contribution in [0.1, 0.15) is 0 Å². The highest BCUT2D eigenvalue weighted by Gasteiger charge is 2.08. The van der Waals surface area contributed by atoms with E-state index in [1.807, 2.05) is 53.2 Å². The normalized spacial score (nSPS) is 10.6. The molecule has 1 aromatic heterocycles. The molecule has 2 nitrogen and oxygen atoms in total. The van der Waals surface area contributed by atoms with Gasteiger partial charge in [0.1, 0.15) is 5.82 Å². The molecule has 0 N–H and O–H groups in total. The predicted molar refractivity (Wildman–Crippen MR) is 79.0 cm³/mol. The minimum absolute atomic E-state index is 0.534. The summed E-state index contributed by atoms with van der Waals surface area (Å²) in [5, 5.41) is 1.08. The van der Waals surface area contributed by atoms with Crippen molar-refractivity contribution in [2.45, 2.75) is 0 Å². The lowest BCUT2D eigenvalue weighted by Gasteiger charge is -2.09. The summed E-state index contributed by atoms with van der Waals surface area (Å²) < 4.78 is 1.98. The predicted octanol–water partition coefficient (Wildman–Crippen LogP) is 4.85. The van der Waals surface area contributed by atoms with Crippen molar-refractivity contribution in [2.24, 2.45) is 0 Å². The summed E-state index contributed by atoms with van der Waals surface area (Å²) >= 11 is 12.0. The molecule has 4 heteroatoms. The van der Waals surface area contributed by atoms with E-state index < -0.39 is 0 Å². The van der Waals surface area contributed by atoms with Crippen molar-refractivity contribution in [1.82, 2.24) is 9.55 Å². The van der Waals surface area contributed by atoms with Gasteiger partial charge in [-0.25, -0.2) is 4.98 Å². The van der Waals surface area contributed by atoms with Crippen molar-refractivity contribution in [3.8, 4) is 17.1 Å². The van der Waals surface area contributed by atoms with E-state index in [1.165, 1.54) is 0 Å². The molecule has 0 fully saturated rings. The second-order valence-corrected chi connectivity index (χ2v) is 4.90. The van der Waals surface area contributed by atoms with Gasteiger partial charge in [0.2, 0.25) is 0 Å². The summed E-state index contributed by atoms with van der Waals surface area (Å²) in [6, 6.07) is 15.5. The highest BCUT2D eigenvalue weighted by atomic mass is 35.5. The fraction of sp³-hybridized carbons (Fsp3) is 0. The van der Waals surface area contributed by atoms with Crippen LogP contribution in [0.2, 0.25) is 10.0 Å². The lowest BCUT2D eigenvalue weighted by molar-refractivity contribution is 1.07. The van der Waals surface area contributed by atoms with E-state index in [0.717, 1.165) is 17.1 Å². The molecule has 0 aliphatic rings. The third kappa shape index (κ3) is 2.37. The van der Waals surface area contributed by atoms with Gasteiger partial charge in [0.05, 0.1) is 10.0 Å². The average Bonchev–Trinajstić information content (AvgIpc) is 2.92. The molecule has 3 rings (SSSR count). The van der Waals surface area contributed by atoms with Crippen LogP contribution in [0.4, 0.5) is 0 Å².